The molecule has 3 nitrogen and oxygen atoms in total. The summed E-state index contributed by atoms with van der Waals surface area (Å²) in [6.45, 7) is 6.03. The van der Waals surface area contributed by atoms with E-state index in [1.54, 1.807) is 0 Å². The largest absolute Gasteiger partial charge is 0.454 e. The highest BCUT2D eigenvalue weighted by molar-refractivity contribution is 5.91. The van der Waals surface area contributed by atoms with E-state index in [0.29, 0.717) is 5.70 Å². The number of esters is 1. The summed E-state index contributed by atoms with van der Waals surface area (Å²) in [5.41, 5.74) is 8.27. The SMILES string of the molecule is CC1=C(C(C)C)C(=O)OC2C=C(N)C=CC12. The summed E-state index contributed by atoms with van der Waals surface area (Å²) in [6, 6.07) is 0. The van der Waals surface area contributed by atoms with Gasteiger partial charge in [-0.25, -0.2) is 4.79 Å². The number of nitrogens with two attached hydrogens (primary N) is 1. The molecule has 0 amide bonds. The van der Waals surface area contributed by atoms with E-state index >= 15 is 0 Å². The molecule has 0 saturated heterocycles. The van der Waals surface area contributed by atoms with Crippen molar-refractivity contribution in [2.75, 3.05) is 0 Å². The maximum absolute atomic E-state index is 11.8. The summed E-state index contributed by atoms with van der Waals surface area (Å²) in [6.07, 6.45) is 5.48. The van der Waals surface area contributed by atoms with Gasteiger partial charge in [0.2, 0.25) is 0 Å². The minimum absolute atomic E-state index is 0.155. The molecule has 0 radical (unpaired) electrons. The van der Waals surface area contributed by atoms with Gasteiger partial charge in [-0.1, -0.05) is 25.5 Å². The molecule has 2 atom stereocenters. The Morgan fingerprint density at radius 3 is 2.75 bits per heavy atom. The van der Waals surface area contributed by atoms with Crippen molar-refractivity contribution in [3.8, 4) is 0 Å². The molecule has 2 aliphatic rings. The third kappa shape index (κ3) is 1.66. The molecule has 1 aliphatic heterocycles. The highest BCUT2D eigenvalue weighted by atomic mass is 16.5. The molecule has 16 heavy (non-hydrogen) atoms. The molecule has 0 fully saturated rings. The topological polar surface area (TPSA) is 52.3 Å². The molecule has 1 aliphatic carbocycles. The van der Waals surface area contributed by atoms with Crippen LogP contribution in [0.2, 0.25) is 0 Å². The van der Waals surface area contributed by atoms with E-state index in [4.69, 9.17) is 10.5 Å². The van der Waals surface area contributed by atoms with E-state index in [1.807, 2.05) is 39.0 Å². The van der Waals surface area contributed by atoms with Gasteiger partial charge < -0.3 is 10.5 Å². The van der Waals surface area contributed by atoms with E-state index < -0.39 is 0 Å². The second-order valence-corrected chi connectivity index (χ2v) is 4.67. The maximum atomic E-state index is 11.8. The Hall–Kier alpha value is -1.51. The predicted octanol–water partition coefficient (Wildman–Crippen LogP) is 1.91. The van der Waals surface area contributed by atoms with Gasteiger partial charge in [-0.3, -0.25) is 0 Å². The lowest BCUT2D eigenvalue weighted by Gasteiger charge is -2.33. The van der Waals surface area contributed by atoms with Crippen LogP contribution in [-0.4, -0.2) is 12.1 Å². The quantitative estimate of drug-likeness (QED) is 0.685. The van der Waals surface area contributed by atoms with Crippen LogP contribution in [0.5, 0.6) is 0 Å². The summed E-state index contributed by atoms with van der Waals surface area (Å²) in [4.78, 5) is 11.8. The van der Waals surface area contributed by atoms with Crippen molar-refractivity contribution in [2.24, 2.45) is 17.6 Å². The molecule has 2 N–H and O–H groups in total. The first-order valence-corrected chi connectivity index (χ1v) is 5.58. The van der Waals surface area contributed by atoms with Crippen LogP contribution in [-0.2, 0) is 9.53 Å². The summed E-state index contributed by atoms with van der Waals surface area (Å²) in [5.74, 6) is 0.153. The minimum Gasteiger partial charge on any atom is -0.454 e. The first-order chi connectivity index (χ1) is 7.50. The van der Waals surface area contributed by atoms with Gasteiger partial charge in [0.25, 0.3) is 0 Å². The number of carbonyl (C=O) groups is 1. The second kappa shape index (κ2) is 3.81. The summed E-state index contributed by atoms with van der Waals surface area (Å²) < 4.78 is 5.40. The minimum atomic E-state index is -0.222. The molecule has 0 bridgehead atoms. The third-order valence-electron chi connectivity index (χ3n) is 3.17. The van der Waals surface area contributed by atoms with E-state index in [0.717, 1.165) is 11.1 Å². The average molecular weight is 219 g/mol. The molecule has 2 unspecified atom stereocenters. The number of ether oxygens (including phenoxy) is 1. The van der Waals surface area contributed by atoms with E-state index in [9.17, 15) is 4.79 Å². The Bertz CT molecular complexity index is 416. The van der Waals surface area contributed by atoms with Gasteiger partial charge in [-0.15, -0.1) is 0 Å². The fourth-order valence-electron chi connectivity index (χ4n) is 2.39. The monoisotopic (exact) mass is 219 g/mol. The second-order valence-electron chi connectivity index (χ2n) is 4.67. The van der Waals surface area contributed by atoms with Crippen molar-refractivity contribution < 1.29 is 9.53 Å². The van der Waals surface area contributed by atoms with Crippen molar-refractivity contribution in [3.05, 3.63) is 35.1 Å². The van der Waals surface area contributed by atoms with Crippen molar-refractivity contribution in [1.29, 1.82) is 0 Å². The van der Waals surface area contributed by atoms with Crippen molar-refractivity contribution in [1.82, 2.24) is 0 Å². The van der Waals surface area contributed by atoms with Gasteiger partial charge in [0.1, 0.15) is 6.10 Å². The van der Waals surface area contributed by atoms with Gasteiger partial charge in [-0.2, -0.15) is 0 Å². The Labute approximate surface area is 95.7 Å². The number of fused-ring (bicyclic) bond motifs is 1. The molecule has 2 rings (SSSR count). The molecule has 0 aromatic rings. The van der Waals surface area contributed by atoms with Gasteiger partial charge in [0.05, 0.1) is 0 Å². The zero-order chi connectivity index (χ0) is 11.9. The zero-order valence-electron chi connectivity index (χ0n) is 9.86. The van der Waals surface area contributed by atoms with Crippen molar-refractivity contribution in [3.63, 3.8) is 0 Å². The van der Waals surface area contributed by atoms with E-state index in [1.165, 1.54) is 0 Å². The highest BCUT2D eigenvalue weighted by Gasteiger charge is 2.35. The summed E-state index contributed by atoms with van der Waals surface area (Å²) in [5, 5.41) is 0. The molecular weight excluding hydrogens is 202 g/mol. The fraction of sp³-hybridized carbons (Fsp3) is 0.462. The molecule has 1 heterocycles. The first-order valence-electron chi connectivity index (χ1n) is 5.58. The van der Waals surface area contributed by atoms with Gasteiger partial charge >= 0.3 is 5.97 Å². The molecule has 3 heteroatoms. The van der Waals surface area contributed by atoms with E-state index in [2.05, 4.69) is 0 Å². The lowest BCUT2D eigenvalue weighted by atomic mass is 9.82. The Morgan fingerprint density at radius 1 is 1.44 bits per heavy atom. The predicted molar refractivity (Wildman–Crippen MR) is 62.3 cm³/mol. The first kappa shape index (κ1) is 11.0. The normalized spacial score (nSPS) is 29.0. The van der Waals surface area contributed by atoms with Crippen molar-refractivity contribution in [2.45, 2.75) is 26.9 Å². The molecule has 0 aromatic heterocycles. The lowest BCUT2D eigenvalue weighted by Crippen LogP contribution is -2.35. The molecule has 86 valence electrons. The number of hydrogen-bond acceptors (Lipinski definition) is 3. The third-order valence-corrected chi connectivity index (χ3v) is 3.17. The van der Waals surface area contributed by atoms with Gasteiger partial charge in [-0.05, 0) is 25.0 Å². The molecular formula is C13H17NO2. The average Bonchev–Trinajstić information content (AvgIpc) is 2.15. The van der Waals surface area contributed by atoms with Crippen molar-refractivity contribution >= 4 is 5.97 Å². The van der Waals surface area contributed by atoms with Crippen LogP contribution < -0.4 is 5.73 Å². The van der Waals surface area contributed by atoms with Crippen LogP contribution in [0, 0.1) is 11.8 Å². The number of hydrogen-bond donors (Lipinski definition) is 1. The Balaban J connectivity index is 2.42. The fourth-order valence-corrected chi connectivity index (χ4v) is 2.39. The number of rotatable bonds is 1. The van der Waals surface area contributed by atoms with Crippen LogP contribution in [0.1, 0.15) is 20.8 Å². The summed E-state index contributed by atoms with van der Waals surface area (Å²) in [7, 11) is 0. The lowest BCUT2D eigenvalue weighted by molar-refractivity contribution is -0.145. The van der Waals surface area contributed by atoms with Crippen LogP contribution in [0.25, 0.3) is 0 Å². The standard InChI is InChI=1S/C13H17NO2/c1-7(2)12-8(3)10-5-4-9(14)6-11(10)16-13(12)15/h4-7,10-11H,14H2,1-3H3. The van der Waals surface area contributed by atoms with Crippen LogP contribution in [0.3, 0.4) is 0 Å². The molecule has 0 aromatic carbocycles. The summed E-state index contributed by atoms with van der Waals surface area (Å²) >= 11 is 0. The zero-order valence-corrected chi connectivity index (χ0v) is 9.86. The maximum Gasteiger partial charge on any atom is 0.334 e. The Kier molecular flexibility index (Phi) is 2.62. The van der Waals surface area contributed by atoms with Gasteiger partial charge in [0.15, 0.2) is 0 Å². The highest BCUT2D eigenvalue weighted by Crippen LogP contribution is 2.34. The van der Waals surface area contributed by atoms with Crippen LogP contribution in [0.15, 0.2) is 35.1 Å². The molecule has 0 saturated carbocycles. The Morgan fingerprint density at radius 2 is 2.12 bits per heavy atom. The van der Waals surface area contributed by atoms with E-state index in [-0.39, 0.29) is 23.9 Å². The van der Waals surface area contributed by atoms with Gasteiger partial charge in [0, 0.05) is 17.2 Å². The number of allylic oxidation sites excluding steroid dienone is 1. The number of carbonyl (C=O) groups excluding carboxylic acids is 1. The smallest absolute Gasteiger partial charge is 0.334 e. The van der Waals surface area contributed by atoms with Crippen LogP contribution >= 0.6 is 0 Å². The van der Waals surface area contributed by atoms with Crippen LogP contribution in [0.4, 0.5) is 0 Å². The molecule has 0 spiro atoms.